The second-order valence-electron chi connectivity index (χ2n) is 5.66. The fourth-order valence-corrected chi connectivity index (χ4v) is 4.25. The second kappa shape index (κ2) is 6.50. The van der Waals surface area contributed by atoms with Gasteiger partial charge in [0, 0.05) is 24.2 Å². The number of aliphatic carboxylic acids is 1. The zero-order valence-corrected chi connectivity index (χ0v) is 14.9. The van der Waals surface area contributed by atoms with Crippen molar-refractivity contribution >= 4 is 38.5 Å². The first-order valence-corrected chi connectivity index (χ1v) is 9.31. The van der Waals surface area contributed by atoms with E-state index in [2.05, 4.69) is 4.98 Å². The quantitative estimate of drug-likeness (QED) is 0.688. The molecule has 8 heteroatoms. The third-order valence-electron chi connectivity index (χ3n) is 3.91. The number of carbonyl (C=O) groups is 1. The van der Waals surface area contributed by atoms with Crippen LogP contribution in [0.5, 0.6) is 0 Å². The van der Waals surface area contributed by atoms with Crippen LogP contribution in [0.3, 0.4) is 0 Å². The third-order valence-corrected chi connectivity index (χ3v) is 5.88. The van der Waals surface area contributed by atoms with E-state index in [1.807, 2.05) is 6.92 Å². The molecule has 0 aliphatic rings. The van der Waals surface area contributed by atoms with E-state index in [0.717, 1.165) is 9.54 Å². The van der Waals surface area contributed by atoms with Crippen molar-refractivity contribution in [3.8, 4) is 0 Å². The first-order chi connectivity index (χ1) is 11.8. The van der Waals surface area contributed by atoms with Crippen LogP contribution in [0.4, 0.5) is 0 Å². The minimum absolute atomic E-state index is 0.0507. The molecule has 3 rings (SSSR count). The van der Waals surface area contributed by atoms with Crippen molar-refractivity contribution in [3.63, 3.8) is 0 Å². The Morgan fingerprint density at radius 2 is 1.92 bits per heavy atom. The maximum atomic E-state index is 12.9. The van der Waals surface area contributed by atoms with E-state index in [9.17, 15) is 13.2 Å². The Labute approximate surface area is 149 Å². The summed E-state index contributed by atoms with van der Waals surface area (Å²) in [5.41, 5.74) is 1.84. The normalized spacial score (nSPS) is 11.8. The lowest BCUT2D eigenvalue weighted by molar-refractivity contribution is -0.136. The summed E-state index contributed by atoms with van der Waals surface area (Å²) in [6, 6.07) is 8.12. The van der Waals surface area contributed by atoms with E-state index < -0.39 is 16.0 Å². The minimum Gasteiger partial charge on any atom is -0.481 e. The molecule has 0 aliphatic carbocycles. The lowest BCUT2D eigenvalue weighted by Crippen LogP contribution is -2.12. The summed E-state index contributed by atoms with van der Waals surface area (Å²) in [7, 11) is -3.83. The van der Waals surface area contributed by atoms with Gasteiger partial charge < -0.3 is 5.11 Å². The summed E-state index contributed by atoms with van der Waals surface area (Å²) in [6.45, 7) is 1.87. The fraction of sp³-hybridized carbons (Fsp3) is 0.176. The highest BCUT2D eigenvalue weighted by atomic mass is 35.5. The lowest BCUT2D eigenvalue weighted by Gasteiger charge is -2.10. The van der Waals surface area contributed by atoms with E-state index in [-0.39, 0.29) is 28.4 Å². The van der Waals surface area contributed by atoms with Crippen molar-refractivity contribution < 1.29 is 18.3 Å². The Morgan fingerprint density at radius 1 is 1.24 bits per heavy atom. The molecule has 1 aromatic carbocycles. The average Bonchev–Trinajstić information content (AvgIpc) is 3.01. The molecule has 3 aromatic rings. The van der Waals surface area contributed by atoms with Crippen LogP contribution >= 0.6 is 11.6 Å². The van der Waals surface area contributed by atoms with Gasteiger partial charge in [-0.3, -0.25) is 4.79 Å². The lowest BCUT2D eigenvalue weighted by atomic mass is 10.1. The molecule has 0 fully saturated rings. The molecule has 0 unspecified atom stereocenters. The van der Waals surface area contributed by atoms with Crippen LogP contribution in [-0.4, -0.2) is 28.5 Å². The van der Waals surface area contributed by atoms with Gasteiger partial charge in [0.2, 0.25) is 0 Å². The summed E-state index contributed by atoms with van der Waals surface area (Å²) in [4.78, 5) is 15.0. The molecule has 0 atom stereocenters. The third kappa shape index (κ3) is 3.25. The van der Waals surface area contributed by atoms with Gasteiger partial charge in [-0.05, 0) is 37.1 Å². The van der Waals surface area contributed by atoms with Gasteiger partial charge in [0.1, 0.15) is 5.52 Å². The molecule has 0 radical (unpaired) electrons. The summed E-state index contributed by atoms with van der Waals surface area (Å²) < 4.78 is 27.0. The van der Waals surface area contributed by atoms with Crippen LogP contribution in [0.1, 0.15) is 17.5 Å². The molecule has 0 bridgehead atoms. The second-order valence-corrected chi connectivity index (χ2v) is 7.83. The number of pyridine rings is 1. The highest BCUT2D eigenvalue weighted by molar-refractivity contribution is 7.90. The van der Waals surface area contributed by atoms with E-state index in [1.165, 1.54) is 24.5 Å². The molecule has 1 N–H and O–H groups in total. The SMILES string of the molecule is Cc1ccc(S(=O)(=O)n2ccc3c(CCC(=O)O)cnc(Cl)c32)cc1. The maximum absolute atomic E-state index is 12.9. The molecular formula is C17H15ClN2O4S. The van der Waals surface area contributed by atoms with Gasteiger partial charge in [-0.2, -0.15) is 0 Å². The van der Waals surface area contributed by atoms with Gasteiger partial charge in [0.15, 0.2) is 5.15 Å². The number of hydrogen-bond donors (Lipinski definition) is 1. The smallest absolute Gasteiger partial charge is 0.303 e. The van der Waals surface area contributed by atoms with Crippen molar-refractivity contribution in [2.24, 2.45) is 0 Å². The Hall–Kier alpha value is -2.38. The van der Waals surface area contributed by atoms with Gasteiger partial charge in [-0.15, -0.1) is 0 Å². The van der Waals surface area contributed by atoms with E-state index in [1.54, 1.807) is 18.2 Å². The largest absolute Gasteiger partial charge is 0.481 e. The fourth-order valence-electron chi connectivity index (χ4n) is 2.61. The van der Waals surface area contributed by atoms with Crippen LogP contribution in [0.25, 0.3) is 10.9 Å². The molecule has 0 aliphatic heterocycles. The molecule has 2 aromatic heterocycles. The van der Waals surface area contributed by atoms with Crippen LogP contribution in [0.15, 0.2) is 47.6 Å². The Morgan fingerprint density at radius 3 is 2.56 bits per heavy atom. The number of rotatable bonds is 5. The van der Waals surface area contributed by atoms with E-state index in [0.29, 0.717) is 10.9 Å². The number of hydrogen-bond acceptors (Lipinski definition) is 4. The number of aromatic nitrogens is 2. The molecule has 0 spiro atoms. The van der Waals surface area contributed by atoms with E-state index in [4.69, 9.17) is 16.7 Å². The van der Waals surface area contributed by atoms with Crippen LogP contribution < -0.4 is 0 Å². The van der Waals surface area contributed by atoms with Gasteiger partial charge in [0.05, 0.1) is 4.90 Å². The zero-order chi connectivity index (χ0) is 18.2. The molecule has 6 nitrogen and oxygen atoms in total. The van der Waals surface area contributed by atoms with Crippen LogP contribution in [0.2, 0.25) is 5.15 Å². The minimum atomic E-state index is -3.83. The van der Waals surface area contributed by atoms with Crippen molar-refractivity contribution in [3.05, 3.63) is 59.0 Å². The van der Waals surface area contributed by atoms with Crippen molar-refractivity contribution in [2.75, 3.05) is 0 Å². The summed E-state index contributed by atoms with van der Waals surface area (Å²) in [6.07, 6.45) is 3.06. The Bertz CT molecular complexity index is 1060. The van der Waals surface area contributed by atoms with Crippen molar-refractivity contribution in [1.82, 2.24) is 8.96 Å². The Balaban J connectivity index is 2.16. The summed E-state index contributed by atoms with van der Waals surface area (Å²) >= 11 is 6.14. The monoisotopic (exact) mass is 378 g/mol. The van der Waals surface area contributed by atoms with Gasteiger partial charge in [0.25, 0.3) is 10.0 Å². The van der Waals surface area contributed by atoms with E-state index >= 15 is 0 Å². The van der Waals surface area contributed by atoms with Gasteiger partial charge in [-0.1, -0.05) is 29.3 Å². The molecule has 0 saturated heterocycles. The maximum Gasteiger partial charge on any atom is 0.303 e. The molecular weight excluding hydrogens is 364 g/mol. The average molecular weight is 379 g/mol. The van der Waals surface area contributed by atoms with Crippen LogP contribution in [-0.2, 0) is 21.2 Å². The van der Waals surface area contributed by atoms with Crippen LogP contribution in [0, 0.1) is 6.92 Å². The topological polar surface area (TPSA) is 89.3 Å². The number of carboxylic acid groups (broad SMARTS) is 1. The number of halogens is 1. The van der Waals surface area contributed by atoms with Gasteiger partial charge >= 0.3 is 5.97 Å². The predicted octanol–water partition coefficient (Wildman–Crippen LogP) is 3.25. The first-order valence-electron chi connectivity index (χ1n) is 7.49. The van der Waals surface area contributed by atoms with Crippen molar-refractivity contribution in [1.29, 1.82) is 0 Å². The molecule has 0 amide bonds. The first kappa shape index (κ1) is 17.4. The predicted molar refractivity (Wildman–Crippen MR) is 94.5 cm³/mol. The van der Waals surface area contributed by atoms with Gasteiger partial charge in [-0.25, -0.2) is 17.4 Å². The number of benzene rings is 1. The number of nitrogens with zero attached hydrogens (tertiary/aromatic N) is 2. The standard InChI is InChI=1S/C17H15ClN2O4S/c1-11-2-5-13(6-3-11)25(23,24)20-9-8-14-12(4-7-15(21)22)10-19-17(18)16(14)20/h2-3,5-6,8-10H,4,7H2,1H3,(H,21,22). The summed E-state index contributed by atoms with van der Waals surface area (Å²) in [5.74, 6) is -0.935. The highest BCUT2D eigenvalue weighted by Gasteiger charge is 2.22. The molecule has 130 valence electrons. The number of fused-ring (bicyclic) bond motifs is 1. The Kier molecular flexibility index (Phi) is 4.53. The van der Waals surface area contributed by atoms with Crippen molar-refractivity contribution in [2.45, 2.75) is 24.7 Å². The summed E-state index contributed by atoms with van der Waals surface area (Å²) in [5, 5.41) is 9.49. The molecule has 2 heterocycles. The number of aryl methyl sites for hydroxylation is 2. The highest BCUT2D eigenvalue weighted by Crippen LogP contribution is 2.29. The molecule has 0 saturated carbocycles. The zero-order valence-electron chi connectivity index (χ0n) is 13.3. The number of carboxylic acids is 1. The molecule has 25 heavy (non-hydrogen) atoms.